The summed E-state index contributed by atoms with van der Waals surface area (Å²) in [5.41, 5.74) is 4.55. The molecule has 38 heavy (non-hydrogen) atoms. The normalized spacial score (nSPS) is 14.3. The molecule has 5 rings (SSSR count). The Bertz CT molecular complexity index is 1380. The largest absolute Gasteiger partial charge is 0.491 e. The van der Waals surface area contributed by atoms with Crippen molar-refractivity contribution in [2.45, 2.75) is 45.2 Å². The van der Waals surface area contributed by atoms with Crippen LogP contribution >= 0.6 is 0 Å². The first-order chi connectivity index (χ1) is 18.5. The van der Waals surface area contributed by atoms with Crippen LogP contribution in [-0.2, 0) is 13.0 Å². The van der Waals surface area contributed by atoms with Gasteiger partial charge in [-0.25, -0.2) is 0 Å². The lowest BCUT2D eigenvalue weighted by molar-refractivity contribution is 0.0568. The van der Waals surface area contributed by atoms with Crippen LogP contribution in [0.4, 0.5) is 0 Å². The predicted octanol–water partition coefficient (Wildman–Crippen LogP) is 8.36. The molecule has 0 N–H and O–H groups in total. The van der Waals surface area contributed by atoms with Crippen LogP contribution in [0.25, 0.3) is 10.8 Å². The molecule has 0 spiro atoms. The zero-order valence-electron chi connectivity index (χ0n) is 22.5. The number of amides is 1. The van der Waals surface area contributed by atoms with E-state index in [-0.39, 0.29) is 11.9 Å². The number of benzene rings is 4. The molecule has 1 aliphatic heterocycles. The number of hydrogen-bond donors (Lipinski definition) is 0. The summed E-state index contributed by atoms with van der Waals surface area (Å²) in [6, 6.07) is 30.7. The highest BCUT2D eigenvalue weighted by atomic mass is 16.5. The third-order valence-corrected chi connectivity index (χ3v) is 6.96. The summed E-state index contributed by atoms with van der Waals surface area (Å²) in [5, 5.41) is 2.08. The molecule has 3 heteroatoms. The molecule has 0 saturated carbocycles. The predicted molar refractivity (Wildman–Crippen MR) is 159 cm³/mol. The van der Waals surface area contributed by atoms with Crippen molar-refractivity contribution in [2.75, 3.05) is 6.61 Å². The summed E-state index contributed by atoms with van der Waals surface area (Å²) in [4.78, 5) is 15.8. The maximum Gasteiger partial charge on any atom is 0.255 e. The average molecular weight is 504 g/mol. The number of carbonyl (C=O) groups excluding carboxylic acids is 1. The van der Waals surface area contributed by atoms with E-state index in [0.29, 0.717) is 19.1 Å². The Balaban J connectivity index is 0.000000617. The molecular weight excluding hydrogens is 466 g/mol. The van der Waals surface area contributed by atoms with Crippen LogP contribution in [0.3, 0.4) is 0 Å². The number of carbonyl (C=O) groups is 1. The quantitative estimate of drug-likeness (QED) is 0.237. The Labute approximate surface area is 227 Å². The summed E-state index contributed by atoms with van der Waals surface area (Å²) in [6.45, 7) is 12.4. The van der Waals surface area contributed by atoms with Crippen molar-refractivity contribution in [2.24, 2.45) is 0 Å². The Hall–Kier alpha value is -4.11. The van der Waals surface area contributed by atoms with E-state index < -0.39 is 0 Å². The second kappa shape index (κ2) is 12.9. The van der Waals surface area contributed by atoms with Crippen molar-refractivity contribution in [1.82, 2.24) is 4.90 Å². The van der Waals surface area contributed by atoms with E-state index in [4.69, 9.17) is 4.74 Å². The van der Waals surface area contributed by atoms with Gasteiger partial charge in [-0.1, -0.05) is 98.8 Å². The first kappa shape index (κ1) is 26.9. The van der Waals surface area contributed by atoms with E-state index in [1.807, 2.05) is 65.6 Å². The smallest absolute Gasteiger partial charge is 0.255 e. The van der Waals surface area contributed by atoms with E-state index in [9.17, 15) is 4.79 Å². The summed E-state index contributed by atoms with van der Waals surface area (Å²) >= 11 is 0. The van der Waals surface area contributed by atoms with E-state index in [1.54, 1.807) is 0 Å². The van der Waals surface area contributed by atoms with E-state index in [0.717, 1.165) is 34.9 Å². The van der Waals surface area contributed by atoms with Gasteiger partial charge >= 0.3 is 0 Å². The SMILES string of the molecule is C=CCC=C.CC(C)c1ccc(OCC2Cc3ccccc3CN2C(=O)c2cccc3ccccc23)cc1. The van der Waals surface area contributed by atoms with Crippen molar-refractivity contribution < 1.29 is 9.53 Å². The Kier molecular flexibility index (Phi) is 9.16. The number of ether oxygens (including phenoxy) is 1. The summed E-state index contributed by atoms with van der Waals surface area (Å²) < 4.78 is 6.21. The fourth-order valence-corrected chi connectivity index (χ4v) is 4.80. The van der Waals surface area contributed by atoms with Gasteiger partial charge in [-0.15, -0.1) is 13.2 Å². The van der Waals surface area contributed by atoms with Gasteiger partial charge in [0.15, 0.2) is 0 Å². The van der Waals surface area contributed by atoms with Gasteiger partial charge in [-0.05, 0) is 64.4 Å². The molecule has 1 unspecified atom stereocenters. The fraction of sp³-hybridized carbons (Fsp3) is 0.229. The first-order valence-electron chi connectivity index (χ1n) is 13.3. The van der Waals surface area contributed by atoms with Crippen molar-refractivity contribution in [3.63, 3.8) is 0 Å². The van der Waals surface area contributed by atoms with Gasteiger partial charge in [0.25, 0.3) is 5.91 Å². The standard InChI is InChI=1S/C30H29NO2.C5H8/c1-21(2)22-14-16-27(17-15-22)33-20-26-18-24-9-3-4-10-25(24)19-31(26)30(32)29-13-7-11-23-8-5-6-12-28(23)29;1-3-5-4-2/h3-17,21,26H,18-20H2,1-2H3;3-4H,1-2,5H2. The lowest BCUT2D eigenvalue weighted by atomic mass is 9.93. The van der Waals surface area contributed by atoms with Crippen LogP contribution < -0.4 is 4.74 Å². The number of fused-ring (bicyclic) bond motifs is 2. The van der Waals surface area contributed by atoms with Crippen molar-refractivity contribution in [3.05, 3.63) is 139 Å². The molecule has 1 amide bonds. The van der Waals surface area contributed by atoms with Crippen LogP contribution in [0.2, 0.25) is 0 Å². The molecule has 1 aliphatic rings. The summed E-state index contributed by atoms with van der Waals surface area (Å²) in [7, 11) is 0. The number of allylic oxidation sites excluding steroid dienone is 2. The third kappa shape index (κ3) is 6.41. The van der Waals surface area contributed by atoms with Crippen LogP contribution in [0.1, 0.15) is 53.2 Å². The summed E-state index contributed by atoms with van der Waals surface area (Å²) in [6.07, 6.45) is 5.33. The summed E-state index contributed by atoms with van der Waals surface area (Å²) in [5.74, 6) is 1.39. The monoisotopic (exact) mass is 503 g/mol. The Morgan fingerprint density at radius 2 is 1.55 bits per heavy atom. The Morgan fingerprint density at radius 3 is 2.24 bits per heavy atom. The molecule has 0 fully saturated rings. The molecule has 0 aromatic heterocycles. The van der Waals surface area contributed by atoms with Crippen molar-refractivity contribution in [3.8, 4) is 5.75 Å². The molecule has 0 bridgehead atoms. The van der Waals surface area contributed by atoms with Crippen molar-refractivity contribution >= 4 is 16.7 Å². The number of hydrogen-bond acceptors (Lipinski definition) is 2. The van der Waals surface area contributed by atoms with Crippen LogP contribution in [0.15, 0.2) is 116 Å². The van der Waals surface area contributed by atoms with E-state index >= 15 is 0 Å². The molecule has 0 aliphatic carbocycles. The highest BCUT2D eigenvalue weighted by Crippen LogP contribution is 2.28. The molecule has 194 valence electrons. The molecule has 0 saturated heterocycles. The van der Waals surface area contributed by atoms with Crippen LogP contribution in [-0.4, -0.2) is 23.5 Å². The second-order valence-corrected chi connectivity index (χ2v) is 9.93. The zero-order valence-corrected chi connectivity index (χ0v) is 22.5. The first-order valence-corrected chi connectivity index (χ1v) is 13.3. The van der Waals surface area contributed by atoms with E-state index in [2.05, 4.69) is 69.5 Å². The van der Waals surface area contributed by atoms with Gasteiger partial charge < -0.3 is 9.64 Å². The molecule has 4 aromatic carbocycles. The van der Waals surface area contributed by atoms with Gasteiger partial charge in [-0.3, -0.25) is 4.79 Å². The molecule has 1 atom stereocenters. The molecule has 1 heterocycles. The maximum absolute atomic E-state index is 13.8. The number of rotatable bonds is 7. The minimum Gasteiger partial charge on any atom is -0.491 e. The fourth-order valence-electron chi connectivity index (χ4n) is 4.80. The maximum atomic E-state index is 13.8. The molecule has 0 radical (unpaired) electrons. The molecule has 3 nitrogen and oxygen atoms in total. The minimum atomic E-state index is -0.0313. The zero-order chi connectivity index (χ0) is 26.9. The number of nitrogens with zero attached hydrogens (tertiary/aromatic N) is 1. The average Bonchev–Trinajstić information content (AvgIpc) is 2.96. The Morgan fingerprint density at radius 1 is 0.895 bits per heavy atom. The van der Waals surface area contributed by atoms with Gasteiger partial charge in [0.05, 0.1) is 6.04 Å². The lowest BCUT2D eigenvalue weighted by Gasteiger charge is -2.37. The van der Waals surface area contributed by atoms with Gasteiger partial charge in [0, 0.05) is 12.1 Å². The lowest BCUT2D eigenvalue weighted by Crippen LogP contribution is -2.47. The molecular formula is C35H37NO2. The highest BCUT2D eigenvalue weighted by molar-refractivity contribution is 6.07. The molecule has 4 aromatic rings. The topological polar surface area (TPSA) is 29.5 Å². The van der Waals surface area contributed by atoms with Crippen LogP contribution in [0, 0.1) is 0 Å². The third-order valence-electron chi connectivity index (χ3n) is 6.96. The van der Waals surface area contributed by atoms with Crippen LogP contribution in [0.5, 0.6) is 5.75 Å². The van der Waals surface area contributed by atoms with Gasteiger partial charge in [-0.2, -0.15) is 0 Å². The van der Waals surface area contributed by atoms with E-state index in [1.165, 1.54) is 16.7 Å². The van der Waals surface area contributed by atoms with Gasteiger partial charge in [0.1, 0.15) is 12.4 Å². The van der Waals surface area contributed by atoms with Gasteiger partial charge in [0.2, 0.25) is 0 Å². The highest BCUT2D eigenvalue weighted by Gasteiger charge is 2.31. The van der Waals surface area contributed by atoms with Crippen molar-refractivity contribution in [1.29, 1.82) is 0 Å². The second-order valence-electron chi connectivity index (χ2n) is 9.93. The minimum absolute atomic E-state index is 0.0313.